The molecule has 1 aliphatic carbocycles. The van der Waals surface area contributed by atoms with Crippen molar-refractivity contribution in [2.75, 3.05) is 33.4 Å². The molecule has 1 rings (SSSR count). The van der Waals surface area contributed by atoms with Gasteiger partial charge in [0.05, 0.1) is 6.61 Å². The van der Waals surface area contributed by atoms with Gasteiger partial charge in [0.1, 0.15) is 0 Å². The first kappa shape index (κ1) is 15.9. The van der Waals surface area contributed by atoms with Crippen LogP contribution in [0.1, 0.15) is 46.5 Å². The second kappa shape index (κ2) is 7.46. The van der Waals surface area contributed by atoms with Crippen LogP contribution in [0.15, 0.2) is 0 Å². The summed E-state index contributed by atoms with van der Waals surface area (Å²) in [5.74, 6) is 1.71. The molecule has 3 nitrogen and oxygen atoms in total. The molecule has 2 N–H and O–H groups in total. The first-order valence-electron chi connectivity index (χ1n) is 7.53. The number of nitrogens with two attached hydrogens (primary N) is 1. The zero-order chi connectivity index (χ0) is 13.6. The van der Waals surface area contributed by atoms with Crippen molar-refractivity contribution in [3.63, 3.8) is 0 Å². The highest BCUT2D eigenvalue weighted by Gasteiger charge is 2.38. The van der Waals surface area contributed by atoms with Crippen molar-refractivity contribution in [3.05, 3.63) is 0 Å². The van der Waals surface area contributed by atoms with Crippen molar-refractivity contribution in [2.45, 2.75) is 52.0 Å². The first-order valence-corrected chi connectivity index (χ1v) is 7.53. The maximum atomic E-state index is 6.13. The fraction of sp³-hybridized carbons (Fsp3) is 1.00. The van der Waals surface area contributed by atoms with Crippen molar-refractivity contribution in [2.24, 2.45) is 17.6 Å². The predicted octanol–water partition coefficient (Wildman–Crippen LogP) is 2.50. The summed E-state index contributed by atoms with van der Waals surface area (Å²) in [6.07, 6.45) is 5.17. The van der Waals surface area contributed by atoms with Crippen LogP contribution in [-0.2, 0) is 4.74 Å². The third kappa shape index (κ3) is 3.69. The molecule has 3 heteroatoms. The maximum absolute atomic E-state index is 6.13. The van der Waals surface area contributed by atoms with Crippen molar-refractivity contribution < 1.29 is 4.74 Å². The molecule has 18 heavy (non-hydrogen) atoms. The van der Waals surface area contributed by atoms with Gasteiger partial charge in [-0.25, -0.2) is 0 Å². The Kier molecular flexibility index (Phi) is 6.61. The number of rotatable bonds is 7. The molecular weight excluding hydrogens is 224 g/mol. The monoisotopic (exact) mass is 256 g/mol. The Bertz CT molecular complexity index is 223. The van der Waals surface area contributed by atoms with Gasteiger partial charge in [-0.05, 0) is 44.1 Å². The fourth-order valence-corrected chi connectivity index (χ4v) is 3.43. The van der Waals surface area contributed by atoms with Gasteiger partial charge in [0, 0.05) is 25.7 Å². The lowest BCUT2D eigenvalue weighted by molar-refractivity contribution is 0.0206. The smallest absolute Gasteiger partial charge is 0.0589 e. The second-order valence-corrected chi connectivity index (χ2v) is 6.08. The Labute approximate surface area is 113 Å². The molecule has 0 atom stereocenters. The summed E-state index contributed by atoms with van der Waals surface area (Å²) in [5, 5.41) is 0. The molecule has 0 heterocycles. The van der Waals surface area contributed by atoms with E-state index in [1.165, 1.54) is 25.7 Å². The van der Waals surface area contributed by atoms with E-state index in [-0.39, 0.29) is 5.54 Å². The molecule has 1 saturated carbocycles. The summed E-state index contributed by atoms with van der Waals surface area (Å²) in [6, 6.07) is 0. The zero-order valence-electron chi connectivity index (χ0n) is 12.7. The van der Waals surface area contributed by atoms with Gasteiger partial charge in [-0.3, -0.25) is 4.90 Å². The van der Waals surface area contributed by atoms with Crippen LogP contribution in [0, 0.1) is 11.8 Å². The normalized spacial score (nSPS) is 29.2. The molecule has 1 fully saturated rings. The van der Waals surface area contributed by atoms with Crippen LogP contribution >= 0.6 is 0 Å². The van der Waals surface area contributed by atoms with Crippen LogP contribution in [0.5, 0.6) is 0 Å². The minimum atomic E-state index is 0.235. The molecule has 0 saturated heterocycles. The Morgan fingerprint density at radius 1 is 1.33 bits per heavy atom. The molecule has 0 radical (unpaired) electrons. The first-order chi connectivity index (χ1) is 8.59. The number of methoxy groups -OCH3 is 1. The minimum Gasteiger partial charge on any atom is -0.383 e. The zero-order valence-corrected chi connectivity index (χ0v) is 12.7. The molecule has 0 aromatic heterocycles. The lowest BCUT2D eigenvalue weighted by Crippen LogP contribution is -2.56. The van der Waals surface area contributed by atoms with E-state index in [1.807, 2.05) is 0 Å². The van der Waals surface area contributed by atoms with Crippen LogP contribution < -0.4 is 5.73 Å². The van der Waals surface area contributed by atoms with Gasteiger partial charge >= 0.3 is 0 Å². The van der Waals surface area contributed by atoms with E-state index < -0.39 is 0 Å². The van der Waals surface area contributed by atoms with E-state index in [0.717, 1.165) is 38.1 Å². The quantitative estimate of drug-likeness (QED) is 0.760. The van der Waals surface area contributed by atoms with E-state index in [4.69, 9.17) is 10.5 Å². The van der Waals surface area contributed by atoms with Crippen LogP contribution in [0.2, 0.25) is 0 Å². The molecule has 0 spiro atoms. The number of likely N-dealkylation sites (N-methyl/N-ethyl adjacent to an activating group) is 1. The second-order valence-electron chi connectivity index (χ2n) is 6.08. The molecule has 0 bridgehead atoms. The third-order valence-electron chi connectivity index (χ3n) is 4.90. The third-order valence-corrected chi connectivity index (χ3v) is 4.90. The Balaban J connectivity index is 2.62. The average molecular weight is 256 g/mol. The largest absolute Gasteiger partial charge is 0.383 e. The van der Waals surface area contributed by atoms with E-state index in [1.54, 1.807) is 7.11 Å². The number of ether oxygens (including phenoxy) is 1. The van der Waals surface area contributed by atoms with E-state index in [0.29, 0.717) is 0 Å². The highest BCUT2D eigenvalue weighted by Crippen LogP contribution is 2.38. The molecule has 0 aromatic carbocycles. The maximum Gasteiger partial charge on any atom is 0.0589 e. The lowest BCUT2D eigenvalue weighted by atomic mass is 9.72. The molecule has 0 aliphatic heterocycles. The predicted molar refractivity (Wildman–Crippen MR) is 77.7 cm³/mol. The summed E-state index contributed by atoms with van der Waals surface area (Å²) < 4.78 is 5.23. The van der Waals surface area contributed by atoms with Crippen LogP contribution in [0.4, 0.5) is 0 Å². The van der Waals surface area contributed by atoms with Crippen molar-refractivity contribution >= 4 is 0 Å². The SMILES string of the molecule is CCN(CCOC)C1(CN)CCC(C(C)C)CC1. The van der Waals surface area contributed by atoms with Gasteiger partial charge in [0.25, 0.3) is 0 Å². The summed E-state index contributed by atoms with van der Waals surface area (Å²) in [6.45, 7) is 10.6. The highest BCUT2D eigenvalue weighted by atomic mass is 16.5. The number of nitrogens with zero attached hydrogens (tertiary/aromatic N) is 1. The van der Waals surface area contributed by atoms with E-state index in [2.05, 4.69) is 25.7 Å². The average Bonchev–Trinajstić information content (AvgIpc) is 2.40. The molecule has 108 valence electrons. The molecular formula is C15H32N2O. The molecule has 0 amide bonds. The topological polar surface area (TPSA) is 38.5 Å². The van der Waals surface area contributed by atoms with Gasteiger partial charge < -0.3 is 10.5 Å². The van der Waals surface area contributed by atoms with Crippen molar-refractivity contribution in [1.29, 1.82) is 0 Å². The van der Waals surface area contributed by atoms with E-state index >= 15 is 0 Å². The fourth-order valence-electron chi connectivity index (χ4n) is 3.43. The van der Waals surface area contributed by atoms with Gasteiger partial charge in [0.15, 0.2) is 0 Å². The Morgan fingerprint density at radius 3 is 2.33 bits per heavy atom. The molecule has 0 unspecified atom stereocenters. The Morgan fingerprint density at radius 2 is 1.94 bits per heavy atom. The molecule has 1 aliphatic rings. The van der Waals surface area contributed by atoms with Crippen molar-refractivity contribution in [3.8, 4) is 0 Å². The number of hydrogen-bond acceptors (Lipinski definition) is 3. The molecule has 0 aromatic rings. The Hall–Kier alpha value is -0.120. The number of hydrogen-bond donors (Lipinski definition) is 1. The van der Waals surface area contributed by atoms with E-state index in [9.17, 15) is 0 Å². The lowest BCUT2D eigenvalue weighted by Gasteiger charge is -2.48. The van der Waals surface area contributed by atoms with Gasteiger partial charge in [-0.1, -0.05) is 20.8 Å². The van der Waals surface area contributed by atoms with Crippen LogP contribution in [-0.4, -0.2) is 43.8 Å². The van der Waals surface area contributed by atoms with Crippen molar-refractivity contribution in [1.82, 2.24) is 4.90 Å². The van der Waals surface area contributed by atoms with Gasteiger partial charge in [-0.15, -0.1) is 0 Å². The van der Waals surface area contributed by atoms with Gasteiger partial charge in [-0.2, -0.15) is 0 Å². The summed E-state index contributed by atoms with van der Waals surface area (Å²) >= 11 is 0. The van der Waals surface area contributed by atoms with Gasteiger partial charge in [0.2, 0.25) is 0 Å². The summed E-state index contributed by atoms with van der Waals surface area (Å²) in [7, 11) is 1.78. The van der Waals surface area contributed by atoms with Crippen LogP contribution in [0.3, 0.4) is 0 Å². The minimum absolute atomic E-state index is 0.235. The highest BCUT2D eigenvalue weighted by molar-refractivity contribution is 4.96. The van der Waals surface area contributed by atoms with Crippen LogP contribution in [0.25, 0.3) is 0 Å². The standard InChI is InChI=1S/C15H32N2O/c1-5-17(10-11-18-4)15(12-16)8-6-14(7-9-15)13(2)3/h13-14H,5-12,16H2,1-4H3. The summed E-state index contributed by atoms with van der Waals surface area (Å²) in [4.78, 5) is 2.55. The summed E-state index contributed by atoms with van der Waals surface area (Å²) in [5.41, 5.74) is 6.36.